The fourth-order valence-corrected chi connectivity index (χ4v) is 6.49. The van der Waals surface area contributed by atoms with Crippen molar-refractivity contribution in [1.29, 1.82) is 0 Å². The molecule has 2 fully saturated rings. The Morgan fingerprint density at radius 3 is 2.60 bits per heavy atom. The minimum atomic E-state index is -0.214. The third-order valence-corrected chi connectivity index (χ3v) is 8.18. The van der Waals surface area contributed by atoms with Crippen molar-refractivity contribution in [2.75, 3.05) is 54.6 Å². The van der Waals surface area contributed by atoms with Gasteiger partial charge < -0.3 is 19.7 Å². The molecule has 1 amide bonds. The second-order valence-corrected chi connectivity index (χ2v) is 10.3. The molecule has 0 atom stereocenters. The molecule has 2 saturated heterocycles. The van der Waals surface area contributed by atoms with Crippen LogP contribution in [-0.4, -0.2) is 50.3 Å². The average molecular weight is 465 g/mol. The molecule has 2 aliphatic rings. The lowest BCUT2D eigenvalue weighted by Crippen LogP contribution is -2.37. The molecule has 30 heavy (non-hydrogen) atoms. The summed E-state index contributed by atoms with van der Waals surface area (Å²) in [6, 6.07) is 13.6. The van der Waals surface area contributed by atoms with Crippen LogP contribution in [-0.2, 0) is 9.53 Å². The number of rotatable bonds is 6. The number of nitrogens with zero attached hydrogens (tertiary/aromatic N) is 1. The number of ether oxygens (including phenoxy) is 2. The Kier molecular flexibility index (Phi) is 7.71. The van der Waals surface area contributed by atoms with E-state index in [4.69, 9.17) is 21.1 Å². The van der Waals surface area contributed by atoms with E-state index in [9.17, 15) is 4.79 Å². The van der Waals surface area contributed by atoms with Gasteiger partial charge in [-0.15, -0.1) is 23.5 Å². The first kappa shape index (κ1) is 21.7. The molecule has 0 unspecified atom stereocenters. The molecule has 2 heterocycles. The van der Waals surface area contributed by atoms with Gasteiger partial charge in [0.25, 0.3) is 5.91 Å². The number of morpholine rings is 1. The van der Waals surface area contributed by atoms with Gasteiger partial charge in [0.1, 0.15) is 5.75 Å². The summed E-state index contributed by atoms with van der Waals surface area (Å²) in [5, 5.41) is 3.53. The van der Waals surface area contributed by atoms with Crippen LogP contribution in [0.5, 0.6) is 5.75 Å². The Bertz CT molecular complexity index is 854. The first-order chi connectivity index (χ1) is 14.7. The van der Waals surface area contributed by atoms with Crippen molar-refractivity contribution in [3.63, 3.8) is 0 Å². The van der Waals surface area contributed by atoms with Gasteiger partial charge in [0.15, 0.2) is 6.61 Å². The summed E-state index contributed by atoms with van der Waals surface area (Å²) in [5.74, 6) is 2.91. The maximum absolute atomic E-state index is 12.5. The van der Waals surface area contributed by atoms with Crippen LogP contribution in [0.3, 0.4) is 0 Å². The van der Waals surface area contributed by atoms with E-state index in [2.05, 4.69) is 22.3 Å². The standard InChI is InChI=1S/C22H25ClN2O3S2/c23-17-4-7-20(25-8-10-27-11-9-25)19(14-17)24-21(26)15-28-18-5-2-16(3-6-18)22-29-12-1-13-30-22/h2-7,14,22H,1,8-13,15H2,(H,24,26). The van der Waals surface area contributed by atoms with E-state index in [1.165, 1.54) is 23.5 Å². The number of hydrogen-bond donors (Lipinski definition) is 1. The van der Waals surface area contributed by atoms with Crippen molar-refractivity contribution >= 4 is 52.4 Å². The molecule has 0 aromatic heterocycles. The summed E-state index contributed by atoms with van der Waals surface area (Å²) in [4.78, 5) is 14.7. The fourth-order valence-electron chi connectivity index (χ4n) is 3.42. The monoisotopic (exact) mass is 464 g/mol. The highest BCUT2D eigenvalue weighted by Crippen LogP contribution is 2.43. The van der Waals surface area contributed by atoms with E-state index in [-0.39, 0.29) is 12.5 Å². The molecule has 2 aliphatic heterocycles. The van der Waals surface area contributed by atoms with Crippen LogP contribution in [0.4, 0.5) is 11.4 Å². The highest BCUT2D eigenvalue weighted by atomic mass is 35.5. The fraction of sp³-hybridized carbons (Fsp3) is 0.409. The topological polar surface area (TPSA) is 50.8 Å². The lowest BCUT2D eigenvalue weighted by molar-refractivity contribution is -0.118. The molecule has 0 radical (unpaired) electrons. The average Bonchev–Trinajstić information content (AvgIpc) is 2.79. The van der Waals surface area contributed by atoms with Crippen molar-refractivity contribution in [3.05, 3.63) is 53.1 Å². The summed E-state index contributed by atoms with van der Waals surface area (Å²) >= 11 is 10.1. The third-order valence-electron chi connectivity index (χ3n) is 4.93. The molecular weight excluding hydrogens is 440 g/mol. The number of thioether (sulfide) groups is 2. The number of carbonyl (C=O) groups is 1. The zero-order chi connectivity index (χ0) is 20.8. The first-order valence-corrected chi connectivity index (χ1v) is 12.5. The van der Waals surface area contributed by atoms with E-state index < -0.39 is 0 Å². The van der Waals surface area contributed by atoms with Gasteiger partial charge in [-0.05, 0) is 53.8 Å². The van der Waals surface area contributed by atoms with Crippen LogP contribution in [0.2, 0.25) is 5.02 Å². The Hall–Kier alpha value is -1.54. The maximum atomic E-state index is 12.5. The number of halogens is 1. The SMILES string of the molecule is O=C(COc1ccc(C2SCCCS2)cc1)Nc1cc(Cl)ccc1N1CCOCC1. The number of anilines is 2. The number of benzene rings is 2. The van der Waals surface area contributed by atoms with Crippen LogP contribution in [0.25, 0.3) is 0 Å². The van der Waals surface area contributed by atoms with Crippen LogP contribution in [0, 0.1) is 0 Å². The van der Waals surface area contributed by atoms with Crippen molar-refractivity contribution in [2.24, 2.45) is 0 Å². The van der Waals surface area contributed by atoms with Crippen molar-refractivity contribution in [2.45, 2.75) is 11.0 Å². The number of amides is 1. The smallest absolute Gasteiger partial charge is 0.262 e. The van der Waals surface area contributed by atoms with E-state index >= 15 is 0 Å². The minimum absolute atomic E-state index is 0.0542. The van der Waals surface area contributed by atoms with Gasteiger partial charge >= 0.3 is 0 Å². The predicted molar refractivity (Wildman–Crippen MR) is 127 cm³/mol. The number of nitrogens with one attached hydrogen (secondary N) is 1. The Morgan fingerprint density at radius 1 is 1.13 bits per heavy atom. The normalized spacial score (nSPS) is 17.6. The maximum Gasteiger partial charge on any atom is 0.262 e. The molecule has 2 aromatic carbocycles. The van der Waals surface area contributed by atoms with Crippen molar-refractivity contribution in [3.8, 4) is 5.75 Å². The van der Waals surface area contributed by atoms with Gasteiger partial charge in [0.05, 0.1) is 29.2 Å². The lowest BCUT2D eigenvalue weighted by atomic mass is 10.2. The number of hydrogen-bond acceptors (Lipinski definition) is 6. The van der Waals surface area contributed by atoms with Crippen LogP contribution < -0.4 is 15.0 Å². The number of carbonyl (C=O) groups excluding carboxylic acids is 1. The molecule has 8 heteroatoms. The van der Waals surface area contributed by atoms with Gasteiger partial charge in [0, 0.05) is 18.1 Å². The molecule has 1 N–H and O–H groups in total. The second kappa shape index (κ2) is 10.7. The summed E-state index contributed by atoms with van der Waals surface area (Å²) in [6.45, 7) is 2.86. The predicted octanol–water partition coefficient (Wildman–Crippen LogP) is 5.06. The second-order valence-electron chi connectivity index (χ2n) is 7.09. The summed E-state index contributed by atoms with van der Waals surface area (Å²) in [5.41, 5.74) is 2.94. The van der Waals surface area contributed by atoms with Gasteiger partial charge in [-0.2, -0.15) is 0 Å². The molecule has 160 valence electrons. The van der Waals surface area contributed by atoms with E-state index in [1.807, 2.05) is 47.8 Å². The molecule has 0 bridgehead atoms. The highest BCUT2D eigenvalue weighted by Gasteiger charge is 2.18. The van der Waals surface area contributed by atoms with Gasteiger partial charge in [-0.25, -0.2) is 0 Å². The molecular formula is C22H25ClN2O3S2. The van der Waals surface area contributed by atoms with E-state index in [1.54, 1.807) is 6.07 Å². The zero-order valence-corrected chi connectivity index (χ0v) is 19.0. The van der Waals surface area contributed by atoms with Crippen LogP contribution >= 0.6 is 35.1 Å². The minimum Gasteiger partial charge on any atom is -0.484 e. The Morgan fingerprint density at radius 2 is 1.87 bits per heavy atom. The third kappa shape index (κ3) is 5.78. The van der Waals surface area contributed by atoms with Gasteiger partial charge in [-0.3, -0.25) is 4.79 Å². The largest absolute Gasteiger partial charge is 0.484 e. The Labute approximate surface area is 190 Å². The first-order valence-electron chi connectivity index (χ1n) is 10.1. The summed E-state index contributed by atoms with van der Waals surface area (Å²) in [7, 11) is 0. The zero-order valence-electron chi connectivity index (χ0n) is 16.6. The molecule has 0 aliphatic carbocycles. The molecule has 0 saturated carbocycles. The van der Waals surface area contributed by atoms with Gasteiger partial charge in [-0.1, -0.05) is 23.7 Å². The lowest BCUT2D eigenvalue weighted by Gasteiger charge is -2.30. The molecule has 2 aromatic rings. The molecule has 5 nitrogen and oxygen atoms in total. The van der Waals surface area contributed by atoms with Crippen LogP contribution in [0.1, 0.15) is 16.6 Å². The quantitative estimate of drug-likeness (QED) is 0.644. The highest BCUT2D eigenvalue weighted by molar-refractivity contribution is 8.16. The van der Waals surface area contributed by atoms with Gasteiger partial charge in [0.2, 0.25) is 0 Å². The summed E-state index contributed by atoms with van der Waals surface area (Å²) < 4.78 is 11.6. The van der Waals surface area contributed by atoms with E-state index in [0.717, 1.165) is 18.8 Å². The Balaban J connectivity index is 1.34. The van der Waals surface area contributed by atoms with Crippen LogP contribution in [0.15, 0.2) is 42.5 Å². The molecule has 0 spiro atoms. The van der Waals surface area contributed by atoms with Crippen molar-refractivity contribution < 1.29 is 14.3 Å². The summed E-state index contributed by atoms with van der Waals surface area (Å²) in [6.07, 6.45) is 1.28. The van der Waals surface area contributed by atoms with Crippen molar-refractivity contribution in [1.82, 2.24) is 0 Å². The molecule has 4 rings (SSSR count). The van der Waals surface area contributed by atoms with E-state index in [0.29, 0.717) is 34.3 Å².